The summed E-state index contributed by atoms with van der Waals surface area (Å²) in [4.78, 5) is 25.3. The molecule has 2 aromatic rings. The van der Waals surface area contributed by atoms with Crippen molar-refractivity contribution in [1.82, 2.24) is 4.57 Å². The molecule has 0 aliphatic carbocycles. The van der Waals surface area contributed by atoms with Gasteiger partial charge >= 0.3 is 5.97 Å². The molecule has 1 aromatic heterocycles. The Hall–Kier alpha value is -3.04. The number of esters is 1. The molecule has 0 fully saturated rings. The Morgan fingerprint density at radius 3 is 2.68 bits per heavy atom. The highest BCUT2D eigenvalue weighted by molar-refractivity contribution is 5.88. The van der Waals surface area contributed by atoms with Crippen LogP contribution < -0.4 is 10.9 Å². The van der Waals surface area contributed by atoms with Crippen LogP contribution in [0.15, 0.2) is 41.3 Å². The summed E-state index contributed by atoms with van der Waals surface area (Å²) >= 11 is 0. The van der Waals surface area contributed by atoms with E-state index in [2.05, 4.69) is 17.2 Å². The molecule has 2 heterocycles. The highest BCUT2D eigenvalue weighted by Gasteiger charge is 2.43. The number of carbonyl (C=O) groups excluding carboxylic acids is 1. The molecule has 0 radical (unpaired) electrons. The minimum atomic E-state index is -1.16. The van der Waals surface area contributed by atoms with Crippen molar-refractivity contribution in [2.24, 2.45) is 7.05 Å². The van der Waals surface area contributed by atoms with Crippen LogP contribution in [0.3, 0.4) is 0 Å². The number of benzene rings is 1. The summed E-state index contributed by atoms with van der Waals surface area (Å²) in [5.74, 6) is 5.27. The number of carbonyl (C=O) groups is 1. The first-order valence-electron chi connectivity index (χ1n) is 9.06. The van der Waals surface area contributed by atoms with Gasteiger partial charge in [0.25, 0.3) is 5.56 Å². The van der Waals surface area contributed by atoms with Crippen molar-refractivity contribution in [3.8, 4) is 11.8 Å². The summed E-state index contributed by atoms with van der Waals surface area (Å²) in [6.45, 7) is 5.06. The molecular formula is C22H24N2O4. The maximum atomic E-state index is 12.8. The lowest BCUT2D eigenvalue weighted by molar-refractivity contribution is -0.149. The molecule has 146 valence electrons. The molecule has 6 nitrogen and oxygen atoms in total. The molecule has 0 bridgehead atoms. The van der Waals surface area contributed by atoms with E-state index >= 15 is 0 Å². The van der Waals surface area contributed by atoms with Crippen LogP contribution in [0.5, 0.6) is 0 Å². The fourth-order valence-corrected chi connectivity index (χ4v) is 3.09. The summed E-state index contributed by atoms with van der Waals surface area (Å²) < 4.78 is 6.90. The Morgan fingerprint density at radius 2 is 2.04 bits per heavy atom. The molecule has 3 rings (SSSR count). The maximum Gasteiger partial charge on any atom is 0.332 e. The molecule has 2 N–H and O–H groups in total. The molecule has 0 saturated carbocycles. The van der Waals surface area contributed by atoms with Gasteiger partial charge in [-0.25, -0.2) is 4.79 Å². The van der Waals surface area contributed by atoms with Crippen LogP contribution in [0, 0.1) is 11.8 Å². The molecule has 0 saturated heterocycles. The predicted molar refractivity (Wildman–Crippen MR) is 107 cm³/mol. The number of rotatable bonds is 3. The van der Waals surface area contributed by atoms with Gasteiger partial charge in [-0.3, -0.25) is 4.79 Å². The first-order valence-corrected chi connectivity index (χ1v) is 9.06. The SMILES string of the molecule is Cn1cc(C#CC(C)(C)O)c2c(c1=O)NC(C)(C(=O)OCc1ccccc1)C2. The molecule has 6 heteroatoms. The first kappa shape index (κ1) is 19.7. The minimum absolute atomic E-state index is 0.163. The third-order valence-electron chi connectivity index (χ3n) is 4.58. The van der Waals surface area contributed by atoms with Gasteiger partial charge < -0.3 is 19.7 Å². The Morgan fingerprint density at radius 1 is 1.36 bits per heavy atom. The lowest BCUT2D eigenvalue weighted by Crippen LogP contribution is -2.43. The second-order valence-corrected chi connectivity index (χ2v) is 7.82. The van der Waals surface area contributed by atoms with Crippen molar-refractivity contribution in [1.29, 1.82) is 0 Å². The van der Waals surface area contributed by atoms with Crippen molar-refractivity contribution < 1.29 is 14.6 Å². The largest absolute Gasteiger partial charge is 0.459 e. The Labute approximate surface area is 164 Å². The Kier molecular flexibility index (Phi) is 5.05. The number of aryl methyl sites for hydroxylation is 1. The van der Waals surface area contributed by atoms with Gasteiger partial charge in [-0.2, -0.15) is 0 Å². The topological polar surface area (TPSA) is 80.6 Å². The fraction of sp³-hybridized carbons (Fsp3) is 0.364. The van der Waals surface area contributed by atoms with Crippen molar-refractivity contribution in [2.45, 2.75) is 44.9 Å². The van der Waals surface area contributed by atoms with Gasteiger partial charge in [0.15, 0.2) is 0 Å². The van der Waals surface area contributed by atoms with Gasteiger partial charge in [0.1, 0.15) is 23.4 Å². The number of pyridine rings is 1. The fourth-order valence-electron chi connectivity index (χ4n) is 3.09. The maximum absolute atomic E-state index is 12.8. The van der Waals surface area contributed by atoms with Crippen LogP contribution in [0.1, 0.15) is 37.5 Å². The number of nitrogens with one attached hydrogen (secondary N) is 1. The molecule has 28 heavy (non-hydrogen) atoms. The van der Waals surface area contributed by atoms with E-state index in [1.807, 2.05) is 30.3 Å². The number of ether oxygens (including phenoxy) is 1. The smallest absolute Gasteiger partial charge is 0.332 e. The zero-order valence-corrected chi connectivity index (χ0v) is 16.5. The van der Waals surface area contributed by atoms with E-state index in [9.17, 15) is 14.7 Å². The number of hydrogen-bond acceptors (Lipinski definition) is 5. The lowest BCUT2D eigenvalue weighted by Gasteiger charge is -2.22. The van der Waals surface area contributed by atoms with Crippen LogP contribution in [0.2, 0.25) is 0 Å². The molecule has 1 aromatic carbocycles. The Bertz CT molecular complexity index is 1020. The summed E-state index contributed by atoms with van der Waals surface area (Å²) in [6.07, 6.45) is 1.91. The quantitative estimate of drug-likeness (QED) is 0.629. The second kappa shape index (κ2) is 7.17. The highest BCUT2D eigenvalue weighted by Crippen LogP contribution is 2.33. The van der Waals surface area contributed by atoms with E-state index in [1.54, 1.807) is 34.0 Å². The van der Waals surface area contributed by atoms with Gasteiger partial charge in [0.2, 0.25) is 0 Å². The summed E-state index contributed by atoms with van der Waals surface area (Å²) in [5, 5.41) is 12.9. The summed E-state index contributed by atoms with van der Waals surface area (Å²) in [7, 11) is 1.63. The zero-order chi connectivity index (χ0) is 20.5. The third-order valence-corrected chi connectivity index (χ3v) is 4.58. The number of aromatic nitrogens is 1. The van der Waals surface area contributed by atoms with Crippen LogP contribution >= 0.6 is 0 Å². The van der Waals surface area contributed by atoms with E-state index in [0.717, 1.165) is 5.56 Å². The highest BCUT2D eigenvalue weighted by atomic mass is 16.5. The van der Waals surface area contributed by atoms with Gasteiger partial charge in [0.05, 0.1) is 0 Å². The van der Waals surface area contributed by atoms with Gasteiger partial charge in [-0.15, -0.1) is 0 Å². The van der Waals surface area contributed by atoms with Crippen LogP contribution in [-0.2, 0) is 29.6 Å². The van der Waals surface area contributed by atoms with Crippen LogP contribution in [0.25, 0.3) is 0 Å². The van der Waals surface area contributed by atoms with Crippen molar-refractivity contribution in [3.63, 3.8) is 0 Å². The van der Waals surface area contributed by atoms with Gasteiger partial charge in [-0.05, 0) is 26.3 Å². The normalized spacial score (nSPS) is 17.9. The van der Waals surface area contributed by atoms with Crippen molar-refractivity contribution in [3.05, 3.63) is 63.6 Å². The number of hydrogen-bond donors (Lipinski definition) is 2. The van der Waals surface area contributed by atoms with Crippen molar-refractivity contribution in [2.75, 3.05) is 5.32 Å². The molecule has 1 aliphatic heterocycles. The number of fused-ring (bicyclic) bond motifs is 1. The standard InChI is InChI=1S/C22H24N2O4/c1-21(2,27)11-10-16-13-24(4)19(25)18-17(16)12-22(3,23-18)20(26)28-14-15-8-6-5-7-9-15/h5-9,13,23,27H,12,14H2,1-4H3. The Balaban J connectivity index is 1.88. The second-order valence-electron chi connectivity index (χ2n) is 7.82. The summed E-state index contributed by atoms with van der Waals surface area (Å²) in [5.41, 5.74) is 0.0574. The first-order chi connectivity index (χ1) is 13.1. The molecule has 1 aliphatic rings. The molecule has 1 unspecified atom stereocenters. The minimum Gasteiger partial charge on any atom is -0.459 e. The van der Waals surface area contributed by atoms with E-state index < -0.39 is 17.1 Å². The number of anilines is 1. The van der Waals surface area contributed by atoms with E-state index in [4.69, 9.17) is 4.74 Å². The molecular weight excluding hydrogens is 356 g/mol. The van der Waals surface area contributed by atoms with E-state index in [1.165, 1.54) is 4.57 Å². The van der Waals surface area contributed by atoms with E-state index in [0.29, 0.717) is 16.8 Å². The van der Waals surface area contributed by atoms with Gasteiger partial charge in [0, 0.05) is 30.8 Å². The van der Waals surface area contributed by atoms with Crippen LogP contribution in [-0.4, -0.2) is 26.8 Å². The molecule has 0 spiro atoms. The predicted octanol–water partition coefficient (Wildman–Crippen LogP) is 1.98. The monoisotopic (exact) mass is 380 g/mol. The third kappa shape index (κ3) is 4.10. The zero-order valence-electron chi connectivity index (χ0n) is 16.5. The number of aliphatic hydroxyl groups is 1. The van der Waals surface area contributed by atoms with Crippen molar-refractivity contribution >= 4 is 11.7 Å². The lowest BCUT2D eigenvalue weighted by atomic mass is 9.95. The number of nitrogens with zero attached hydrogens (tertiary/aromatic N) is 1. The average Bonchev–Trinajstić information content (AvgIpc) is 3.01. The van der Waals surface area contributed by atoms with Crippen LogP contribution in [0.4, 0.5) is 5.69 Å². The van der Waals surface area contributed by atoms with Gasteiger partial charge in [-0.1, -0.05) is 42.2 Å². The average molecular weight is 380 g/mol. The van der Waals surface area contributed by atoms with E-state index in [-0.39, 0.29) is 18.6 Å². The molecule has 0 amide bonds. The summed E-state index contributed by atoms with van der Waals surface area (Å²) in [6, 6.07) is 9.42. The molecule has 1 atom stereocenters.